The predicted octanol–water partition coefficient (Wildman–Crippen LogP) is 3.47. The maximum atomic E-state index is 7.13. The number of thiocarbonyl (C=S) groups is 8. The molecule has 24 N–H and O–H groups in total. The van der Waals surface area contributed by atoms with Crippen molar-refractivity contribution < 1.29 is 64.0 Å². The van der Waals surface area contributed by atoms with Gasteiger partial charge in [-0.3, -0.25) is 0 Å². The van der Waals surface area contributed by atoms with E-state index in [1.807, 2.05) is 0 Å². The average Bonchev–Trinajstić information content (AvgIpc) is 2.45. The van der Waals surface area contributed by atoms with E-state index in [0.717, 1.165) is 0 Å². The Balaban J connectivity index is -0.00000000516. The molecular formula is C8H24Mo2N12O4S8. The standard InChI is InChI=1S/8CNS.2Mo.4H3N.4H2O/c8*2-1-3;;;;;;;;;;/h;;;;;;;;;;4*1H3;4*1H2/q8*-1;2*+2;;;;;;;;/p+4. The summed E-state index contributed by atoms with van der Waals surface area (Å²) in [4.78, 5) is 0. The molecule has 0 saturated carbocycles. The van der Waals surface area contributed by atoms with Crippen molar-refractivity contribution in [1.82, 2.24) is 24.6 Å². The van der Waals surface area contributed by atoms with Gasteiger partial charge in [-0.2, -0.15) is 41.3 Å². The molecule has 0 spiro atoms. The van der Waals surface area contributed by atoms with Crippen molar-refractivity contribution in [2.75, 3.05) is 0 Å². The summed E-state index contributed by atoms with van der Waals surface area (Å²) in [5.74, 6) is 0. The van der Waals surface area contributed by atoms with E-state index in [9.17, 15) is 0 Å². The fourth-order valence-electron chi connectivity index (χ4n) is 0. The third kappa shape index (κ3) is 98800. The Hall–Kier alpha value is -0.543. The van der Waals surface area contributed by atoms with Crippen LogP contribution in [0, 0.1) is 0 Å². The van der Waals surface area contributed by atoms with E-state index in [4.69, 9.17) is 43.3 Å². The second kappa shape index (κ2) is 578. The third-order valence-electron chi connectivity index (χ3n) is 0. The number of isothiocyanates is 8. The molecule has 0 bridgehead atoms. The van der Waals surface area contributed by atoms with Crippen LogP contribution in [0.1, 0.15) is 0 Å². The molecule has 0 aromatic rings. The minimum absolute atomic E-state index is 0. The smallest absolute Gasteiger partial charge is 0.753 e. The number of quaternary nitrogens is 4. The van der Waals surface area contributed by atoms with E-state index in [2.05, 4.69) is 97.7 Å². The van der Waals surface area contributed by atoms with Gasteiger partial charge in [0.25, 0.3) is 0 Å². The van der Waals surface area contributed by atoms with E-state index < -0.39 is 0 Å². The minimum atomic E-state index is 0. The second-order valence-electron chi connectivity index (χ2n) is 0.730. The maximum Gasteiger partial charge on any atom is 2.00 e. The molecule has 0 unspecified atom stereocenters. The van der Waals surface area contributed by atoms with Crippen molar-refractivity contribution >= 4 is 139 Å². The van der Waals surface area contributed by atoms with Crippen molar-refractivity contribution in [3.8, 4) is 0 Å². The van der Waals surface area contributed by atoms with Gasteiger partial charge in [0.15, 0.2) is 0 Å². The average molecular weight is 801 g/mol. The Morgan fingerprint density at radius 1 is 0.265 bits per heavy atom. The summed E-state index contributed by atoms with van der Waals surface area (Å²) in [6, 6.07) is 0. The molecule has 0 aliphatic heterocycles. The molecule has 0 rings (SSSR count). The van der Waals surface area contributed by atoms with E-state index in [-0.39, 0.29) is 88.6 Å². The maximum absolute atomic E-state index is 7.13. The van der Waals surface area contributed by atoms with Crippen molar-refractivity contribution in [3.63, 3.8) is 0 Å². The van der Waals surface area contributed by atoms with Crippen LogP contribution in [0.5, 0.6) is 0 Å². The molecule has 0 saturated heterocycles. The fraction of sp³-hybridized carbons (Fsp3) is 0. The van der Waals surface area contributed by atoms with Gasteiger partial charge < -0.3 is 89.8 Å². The second-order valence-corrected chi connectivity index (χ2v) is 2.19. The molecule has 0 heterocycles. The summed E-state index contributed by atoms with van der Waals surface area (Å²) in [6.07, 6.45) is 0. The van der Waals surface area contributed by atoms with Crippen LogP contribution in [0.3, 0.4) is 0 Å². The number of rotatable bonds is 0. The molecule has 0 aliphatic rings. The van der Waals surface area contributed by atoms with Gasteiger partial charge in [0.1, 0.15) is 0 Å². The summed E-state index contributed by atoms with van der Waals surface area (Å²) >= 11 is 29.6. The molecule has 0 amide bonds. The van der Waals surface area contributed by atoms with E-state index in [1.165, 1.54) is 41.3 Å². The Labute approximate surface area is 268 Å². The van der Waals surface area contributed by atoms with Gasteiger partial charge in [0.2, 0.25) is 0 Å². The van der Waals surface area contributed by atoms with Gasteiger partial charge in [0, 0.05) is 0 Å². The Bertz CT molecular complexity index is 384. The van der Waals surface area contributed by atoms with Crippen LogP contribution in [0.25, 0.3) is 43.3 Å². The first-order valence-corrected chi connectivity index (χ1v) is 6.69. The van der Waals surface area contributed by atoms with Gasteiger partial charge in [-0.05, 0) is 0 Å². The topological polar surface area (TPSA) is 450 Å². The number of hydrogen-bond donors (Lipinski definition) is 4. The van der Waals surface area contributed by atoms with E-state index in [0.29, 0.717) is 0 Å². The summed E-state index contributed by atoms with van der Waals surface area (Å²) < 4.78 is 0. The molecule has 0 aromatic heterocycles. The van der Waals surface area contributed by atoms with Crippen molar-refractivity contribution in [1.29, 1.82) is 0 Å². The first-order valence-electron chi connectivity index (χ1n) is 3.42. The van der Waals surface area contributed by atoms with Crippen LogP contribution in [0.4, 0.5) is 0 Å². The minimum Gasteiger partial charge on any atom is -0.753 e. The number of nitrogens with zero attached hydrogens (tertiary/aromatic N) is 8. The molecular weight excluding hydrogens is 777 g/mol. The largest absolute Gasteiger partial charge is 2.00 e. The monoisotopic (exact) mass is 804 g/mol. The summed E-state index contributed by atoms with van der Waals surface area (Å²) in [5, 5.41) is 67.7. The van der Waals surface area contributed by atoms with Gasteiger partial charge >= 0.3 is 42.1 Å². The zero-order chi connectivity index (χ0) is 21.7. The summed E-state index contributed by atoms with van der Waals surface area (Å²) in [5.41, 5.74) is 0. The van der Waals surface area contributed by atoms with Crippen LogP contribution in [-0.2, 0) is 42.1 Å². The van der Waals surface area contributed by atoms with Gasteiger partial charge in [0.05, 0.1) is 0 Å². The fourth-order valence-corrected chi connectivity index (χ4v) is 0. The van der Waals surface area contributed by atoms with Crippen LogP contribution in [0.2, 0.25) is 0 Å². The van der Waals surface area contributed by atoms with Gasteiger partial charge in [-0.1, -0.05) is 97.7 Å². The third-order valence-corrected chi connectivity index (χ3v) is 0. The molecule has 0 aliphatic carbocycles. The first kappa shape index (κ1) is 148. The van der Waals surface area contributed by atoms with Gasteiger partial charge in [-0.15, -0.1) is 0 Å². The normalized spacial score (nSPS) is 1.88. The Morgan fingerprint density at radius 2 is 0.265 bits per heavy atom. The quantitative estimate of drug-likeness (QED) is 0.159. The van der Waals surface area contributed by atoms with Gasteiger partial charge in [-0.25, -0.2) is 0 Å². The summed E-state index contributed by atoms with van der Waals surface area (Å²) in [7, 11) is 0. The van der Waals surface area contributed by atoms with Crippen molar-refractivity contribution in [2.45, 2.75) is 0 Å². The van der Waals surface area contributed by atoms with Crippen LogP contribution < -0.4 is 24.6 Å². The zero-order valence-electron chi connectivity index (χ0n) is 17.7. The van der Waals surface area contributed by atoms with Crippen molar-refractivity contribution in [3.05, 3.63) is 43.3 Å². The first-order chi connectivity index (χ1) is 11.3. The Kier molecular flexibility index (Phi) is 2510. The SMILES string of the molecule is O.O.O.O.[Mo+2].[Mo+2].[N-]=C=S.[N-]=C=S.[N-]=C=S.[N-]=C=S.[N-]=C=S.[N-]=C=S.[N-]=C=S.[N-]=C=S.[NH4+].[NH4+].[NH4+].[NH4+]. The molecule has 0 fully saturated rings. The number of hydrogen-bond acceptors (Lipinski definition) is 8. The van der Waals surface area contributed by atoms with E-state index in [1.54, 1.807) is 0 Å². The molecule has 0 aromatic carbocycles. The van der Waals surface area contributed by atoms with E-state index >= 15 is 0 Å². The van der Waals surface area contributed by atoms with Crippen molar-refractivity contribution in [2.24, 2.45) is 0 Å². The molecule has 26 heteroatoms. The van der Waals surface area contributed by atoms with Crippen LogP contribution in [-0.4, -0.2) is 63.2 Å². The molecule has 0 radical (unpaired) electrons. The van der Waals surface area contributed by atoms with Crippen LogP contribution in [0.15, 0.2) is 0 Å². The molecule has 34 heavy (non-hydrogen) atoms. The molecule has 0 atom stereocenters. The molecule has 200 valence electrons. The zero-order valence-corrected chi connectivity index (χ0v) is 28.2. The van der Waals surface area contributed by atoms with Crippen LogP contribution >= 0.6 is 97.7 Å². The summed E-state index contributed by atoms with van der Waals surface area (Å²) in [6.45, 7) is 0. The molecule has 16 nitrogen and oxygen atoms in total. The predicted molar refractivity (Wildman–Crippen MR) is 166 cm³/mol. The Morgan fingerprint density at radius 3 is 0.265 bits per heavy atom.